The first-order valence-electron chi connectivity index (χ1n) is 8.42. The molecule has 0 amide bonds. The minimum Gasteiger partial charge on any atom is -0.311 e. The molecule has 3 unspecified atom stereocenters. The van der Waals surface area contributed by atoms with Gasteiger partial charge in [-0.3, -0.25) is 9.80 Å². The Bertz CT molecular complexity index is 300. The van der Waals surface area contributed by atoms with Crippen molar-refractivity contribution in [3.63, 3.8) is 0 Å². The molecule has 3 aliphatic rings. The van der Waals surface area contributed by atoms with Crippen LogP contribution >= 0.6 is 0 Å². The summed E-state index contributed by atoms with van der Waals surface area (Å²) in [6.07, 6.45) is 5.61. The van der Waals surface area contributed by atoms with E-state index in [0.717, 1.165) is 24.0 Å². The molecule has 1 saturated carbocycles. The van der Waals surface area contributed by atoms with Crippen LogP contribution in [0.2, 0.25) is 0 Å². The molecule has 3 fully saturated rings. The molecule has 0 spiro atoms. The van der Waals surface area contributed by atoms with Gasteiger partial charge in [0.2, 0.25) is 0 Å². The average Bonchev–Trinajstić information content (AvgIpc) is 3.16. The highest BCUT2D eigenvalue weighted by atomic mass is 15.3. The lowest BCUT2D eigenvalue weighted by Gasteiger charge is -2.44. The molecule has 0 aromatic heterocycles. The Balaban J connectivity index is 1.62. The van der Waals surface area contributed by atoms with Gasteiger partial charge in [-0.2, -0.15) is 0 Å². The highest BCUT2D eigenvalue weighted by molar-refractivity contribution is 4.97. The van der Waals surface area contributed by atoms with E-state index < -0.39 is 0 Å². The van der Waals surface area contributed by atoms with Gasteiger partial charge in [0.25, 0.3) is 0 Å². The van der Waals surface area contributed by atoms with E-state index in [4.69, 9.17) is 0 Å². The summed E-state index contributed by atoms with van der Waals surface area (Å²) in [5.74, 6) is 0.751. The molecule has 3 atom stereocenters. The van der Waals surface area contributed by atoms with Crippen LogP contribution in [0.15, 0.2) is 0 Å². The molecule has 3 nitrogen and oxygen atoms in total. The highest BCUT2D eigenvalue weighted by Crippen LogP contribution is 2.32. The lowest BCUT2D eigenvalue weighted by atomic mass is 9.96. The first kappa shape index (κ1) is 13.8. The van der Waals surface area contributed by atoms with Crippen molar-refractivity contribution in [2.75, 3.05) is 26.2 Å². The van der Waals surface area contributed by atoms with Crippen molar-refractivity contribution in [1.82, 2.24) is 15.1 Å². The summed E-state index contributed by atoms with van der Waals surface area (Å²) in [6, 6.07) is 3.24. The van der Waals surface area contributed by atoms with Crippen LogP contribution in [0.1, 0.15) is 46.5 Å². The van der Waals surface area contributed by atoms with Gasteiger partial charge in [-0.25, -0.2) is 0 Å². The predicted octanol–water partition coefficient (Wildman–Crippen LogP) is 1.93. The van der Waals surface area contributed by atoms with E-state index in [0.29, 0.717) is 6.04 Å². The molecule has 0 bridgehead atoms. The maximum Gasteiger partial charge on any atom is 0.0239 e. The highest BCUT2D eigenvalue weighted by Gasteiger charge is 2.39. The second kappa shape index (κ2) is 5.71. The number of piperazine rings is 1. The lowest BCUT2D eigenvalue weighted by molar-refractivity contribution is 0.0690. The Morgan fingerprint density at radius 3 is 2.53 bits per heavy atom. The monoisotopic (exact) mass is 265 g/mol. The number of nitrogens with one attached hydrogen (secondary N) is 1. The van der Waals surface area contributed by atoms with Crippen molar-refractivity contribution in [2.45, 2.75) is 70.6 Å². The SMILES string of the molecule is CCC1CNC(C(C)C)CN1C1CCN(C2CC2)C1. The molecular weight excluding hydrogens is 234 g/mol. The Kier molecular flexibility index (Phi) is 4.16. The summed E-state index contributed by atoms with van der Waals surface area (Å²) in [6.45, 7) is 12.2. The largest absolute Gasteiger partial charge is 0.311 e. The van der Waals surface area contributed by atoms with Crippen molar-refractivity contribution >= 4 is 0 Å². The molecule has 0 aromatic carbocycles. The number of nitrogens with zero attached hydrogens (tertiary/aromatic N) is 2. The molecule has 0 aromatic rings. The smallest absolute Gasteiger partial charge is 0.0239 e. The summed E-state index contributed by atoms with van der Waals surface area (Å²) in [5, 5.41) is 3.76. The standard InChI is InChI=1S/C16H31N3/c1-4-13-9-17-16(12(2)3)11-19(13)15-7-8-18(10-15)14-5-6-14/h12-17H,4-11H2,1-3H3. The Morgan fingerprint density at radius 2 is 1.89 bits per heavy atom. The number of hydrogen-bond donors (Lipinski definition) is 1. The van der Waals surface area contributed by atoms with E-state index >= 15 is 0 Å². The van der Waals surface area contributed by atoms with Crippen LogP contribution in [-0.2, 0) is 0 Å². The van der Waals surface area contributed by atoms with Crippen molar-refractivity contribution < 1.29 is 0 Å². The third kappa shape index (κ3) is 2.98. The molecular formula is C16H31N3. The first-order valence-corrected chi connectivity index (χ1v) is 8.42. The summed E-state index contributed by atoms with van der Waals surface area (Å²) in [5.41, 5.74) is 0. The average molecular weight is 265 g/mol. The van der Waals surface area contributed by atoms with Gasteiger partial charge in [0.15, 0.2) is 0 Å². The van der Waals surface area contributed by atoms with Gasteiger partial charge in [-0.1, -0.05) is 20.8 Å². The predicted molar refractivity (Wildman–Crippen MR) is 80.4 cm³/mol. The van der Waals surface area contributed by atoms with E-state index in [1.54, 1.807) is 0 Å². The molecule has 2 saturated heterocycles. The van der Waals surface area contributed by atoms with Crippen LogP contribution in [0, 0.1) is 5.92 Å². The van der Waals surface area contributed by atoms with E-state index in [1.165, 1.54) is 51.9 Å². The Hall–Kier alpha value is -0.120. The van der Waals surface area contributed by atoms with Crippen LogP contribution in [0.5, 0.6) is 0 Å². The Labute approximate surface area is 118 Å². The zero-order valence-electron chi connectivity index (χ0n) is 12.9. The normalized spacial score (nSPS) is 38.2. The molecule has 19 heavy (non-hydrogen) atoms. The summed E-state index contributed by atoms with van der Waals surface area (Å²) < 4.78 is 0. The van der Waals surface area contributed by atoms with Gasteiger partial charge in [0, 0.05) is 50.3 Å². The van der Waals surface area contributed by atoms with Gasteiger partial charge in [0.1, 0.15) is 0 Å². The van der Waals surface area contributed by atoms with Crippen LogP contribution < -0.4 is 5.32 Å². The van der Waals surface area contributed by atoms with Crippen molar-refractivity contribution in [1.29, 1.82) is 0 Å². The van der Waals surface area contributed by atoms with Gasteiger partial charge in [-0.15, -0.1) is 0 Å². The van der Waals surface area contributed by atoms with Crippen LogP contribution in [0.25, 0.3) is 0 Å². The number of hydrogen-bond acceptors (Lipinski definition) is 3. The molecule has 2 heterocycles. The van der Waals surface area contributed by atoms with Crippen LogP contribution in [0.4, 0.5) is 0 Å². The van der Waals surface area contributed by atoms with Crippen molar-refractivity contribution in [3.8, 4) is 0 Å². The maximum absolute atomic E-state index is 3.76. The summed E-state index contributed by atoms with van der Waals surface area (Å²) in [7, 11) is 0. The summed E-state index contributed by atoms with van der Waals surface area (Å²) in [4.78, 5) is 5.60. The summed E-state index contributed by atoms with van der Waals surface area (Å²) >= 11 is 0. The minimum atomic E-state index is 0.692. The van der Waals surface area contributed by atoms with E-state index in [2.05, 4.69) is 35.9 Å². The molecule has 1 N–H and O–H groups in total. The van der Waals surface area contributed by atoms with E-state index in [9.17, 15) is 0 Å². The number of likely N-dealkylation sites (tertiary alicyclic amines) is 1. The molecule has 1 aliphatic carbocycles. The van der Waals surface area contributed by atoms with E-state index in [1.807, 2.05) is 0 Å². The van der Waals surface area contributed by atoms with Gasteiger partial charge >= 0.3 is 0 Å². The molecule has 2 aliphatic heterocycles. The zero-order chi connectivity index (χ0) is 13.4. The maximum atomic E-state index is 3.76. The van der Waals surface area contributed by atoms with Gasteiger partial charge in [0.05, 0.1) is 0 Å². The second-order valence-corrected chi connectivity index (χ2v) is 7.19. The number of rotatable bonds is 4. The van der Waals surface area contributed by atoms with Crippen molar-refractivity contribution in [2.24, 2.45) is 5.92 Å². The van der Waals surface area contributed by atoms with Gasteiger partial charge in [-0.05, 0) is 31.6 Å². The van der Waals surface area contributed by atoms with Crippen LogP contribution in [0.3, 0.4) is 0 Å². The molecule has 0 radical (unpaired) electrons. The molecule has 3 heteroatoms. The fourth-order valence-corrected chi connectivity index (χ4v) is 3.93. The minimum absolute atomic E-state index is 0.692. The Morgan fingerprint density at radius 1 is 1.11 bits per heavy atom. The van der Waals surface area contributed by atoms with Crippen LogP contribution in [-0.4, -0.2) is 60.1 Å². The molecule has 3 rings (SSSR count). The fourth-order valence-electron chi connectivity index (χ4n) is 3.93. The second-order valence-electron chi connectivity index (χ2n) is 7.19. The molecule has 110 valence electrons. The zero-order valence-corrected chi connectivity index (χ0v) is 12.9. The third-order valence-corrected chi connectivity index (χ3v) is 5.50. The lowest BCUT2D eigenvalue weighted by Crippen LogP contribution is -2.61. The first-order chi connectivity index (χ1) is 9.19. The third-order valence-electron chi connectivity index (χ3n) is 5.50. The quantitative estimate of drug-likeness (QED) is 0.838. The van der Waals surface area contributed by atoms with Gasteiger partial charge < -0.3 is 5.32 Å². The van der Waals surface area contributed by atoms with E-state index in [-0.39, 0.29) is 0 Å². The topological polar surface area (TPSA) is 18.5 Å². The van der Waals surface area contributed by atoms with Crippen molar-refractivity contribution in [3.05, 3.63) is 0 Å². The fraction of sp³-hybridized carbons (Fsp3) is 1.00.